The van der Waals surface area contributed by atoms with Gasteiger partial charge in [0.05, 0.1) is 14.2 Å². The van der Waals surface area contributed by atoms with Crippen molar-refractivity contribution in [1.29, 1.82) is 0 Å². The van der Waals surface area contributed by atoms with E-state index in [0.29, 0.717) is 30.2 Å². The molecular formula is C25H28N4O4. The number of anilines is 1. The second kappa shape index (κ2) is 9.77. The number of aryl methyl sites for hydroxylation is 1. The lowest BCUT2D eigenvalue weighted by Gasteiger charge is -2.25. The van der Waals surface area contributed by atoms with Gasteiger partial charge in [0.1, 0.15) is 23.4 Å². The van der Waals surface area contributed by atoms with Crippen LogP contribution in [0.5, 0.6) is 11.5 Å². The lowest BCUT2D eigenvalue weighted by atomic mass is 9.89. The molecule has 0 radical (unpaired) electrons. The fourth-order valence-electron chi connectivity index (χ4n) is 4.13. The van der Waals surface area contributed by atoms with Gasteiger partial charge in [-0.1, -0.05) is 18.2 Å². The zero-order valence-corrected chi connectivity index (χ0v) is 19.0. The van der Waals surface area contributed by atoms with Gasteiger partial charge in [-0.15, -0.1) is 0 Å². The molecule has 172 valence electrons. The number of ether oxygens (including phenoxy) is 2. The minimum Gasteiger partial charge on any atom is -0.497 e. The van der Waals surface area contributed by atoms with Gasteiger partial charge in [-0.2, -0.15) is 0 Å². The number of rotatable bonds is 8. The van der Waals surface area contributed by atoms with Crippen molar-refractivity contribution in [2.45, 2.75) is 25.3 Å². The lowest BCUT2D eigenvalue weighted by Crippen LogP contribution is -2.34. The molecule has 8 heteroatoms. The van der Waals surface area contributed by atoms with Gasteiger partial charge < -0.3 is 24.7 Å². The van der Waals surface area contributed by atoms with Crippen molar-refractivity contribution < 1.29 is 19.1 Å². The van der Waals surface area contributed by atoms with E-state index in [1.54, 1.807) is 26.5 Å². The van der Waals surface area contributed by atoms with Gasteiger partial charge in [-0.3, -0.25) is 9.59 Å². The third kappa shape index (κ3) is 5.00. The van der Waals surface area contributed by atoms with Gasteiger partial charge in [-0.05, 0) is 42.2 Å². The van der Waals surface area contributed by atoms with E-state index in [-0.39, 0.29) is 24.2 Å². The second-order valence-corrected chi connectivity index (χ2v) is 8.13. The van der Waals surface area contributed by atoms with Crippen molar-refractivity contribution in [3.63, 3.8) is 0 Å². The Bertz CT molecular complexity index is 1130. The normalized spacial score (nSPS) is 15.8. The summed E-state index contributed by atoms with van der Waals surface area (Å²) < 4.78 is 12.7. The Kier molecular flexibility index (Phi) is 6.63. The zero-order valence-electron chi connectivity index (χ0n) is 19.0. The Morgan fingerprint density at radius 2 is 1.94 bits per heavy atom. The Hall–Kier alpha value is -3.81. The summed E-state index contributed by atoms with van der Waals surface area (Å²) in [5.74, 6) is 1.49. The van der Waals surface area contributed by atoms with Gasteiger partial charge in [0.15, 0.2) is 0 Å². The first-order valence-electron chi connectivity index (χ1n) is 10.9. The highest BCUT2D eigenvalue weighted by atomic mass is 16.5. The molecule has 0 saturated heterocycles. The van der Waals surface area contributed by atoms with E-state index in [9.17, 15) is 9.59 Å². The highest BCUT2D eigenvalue weighted by Gasteiger charge is 2.27. The summed E-state index contributed by atoms with van der Waals surface area (Å²) in [4.78, 5) is 29.9. The predicted octanol–water partition coefficient (Wildman–Crippen LogP) is 3.23. The molecule has 2 heterocycles. The maximum absolute atomic E-state index is 13.0. The molecule has 2 aromatic carbocycles. The molecule has 1 aliphatic heterocycles. The minimum absolute atomic E-state index is 0.0420. The molecule has 0 bridgehead atoms. The smallest absolute Gasteiger partial charge is 0.227 e. The maximum atomic E-state index is 13.0. The van der Waals surface area contributed by atoms with E-state index in [2.05, 4.69) is 15.6 Å². The minimum atomic E-state index is -0.498. The van der Waals surface area contributed by atoms with E-state index < -0.39 is 6.04 Å². The van der Waals surface area contributed by atoms with Crippen molar-refractivity contribution in [2.75, 3.05) is 19.5 Å². The number of nitrogens with one attached hydrogen (secondary N) is 2. The number of hydrogen-bond acceptors (Lipinski definition) is 5. The van der Waals surface area contributed by atoms with Gasteiger partial charge >= 0.3 is 0 Å². The maximum Gasteiger partial charge on any atom is 0.227 e. The fraction of sp³-hybridized carbons (Fsp3) is 0.320. The van der Waals surface area contributed by atoms with E-state index in [1.807, 2.05) is 54.2 Å². The number of amides is 2. The van der Waals surface area contributed by atoms with Crippen LogP contribution in [-0.2, 0) is 23.1 Å². The first-order chi connectivity index (χ1) is 16.0. The Morgan fingerprint density at radius 1 is 1.21 bits per heavy atom. The van der Waals surface area contributed by atoms with Crippen molar-refractivity contribution in [3.8, 4) is 11.5 Å². The van der Waals surface area contributed by atoms with Crippen LogP contribution in [0.1, 0.15) is 35.8 Å². The monoisotopic (exact) mass is 448 g/mol. The summed E-state index contributed by atoms with van der Waals surface area (Å²) in [6.45, 7) is 0. The molecule has 0 unspecified atom stereocenters. The summed E-state index contributed by atoms with van der Waals surface area (Å²) in [6, 6.07) is 12.8. The van der Waals surface area contributed by atoms with Gasteiger partial charge in [0, 0.05) is 43.5 Å². The van der Waals surface area contributed by atoms with Crippen molar-refractivity contribution in [3.05, 3.63) is 71.8 Å². The summed E-state index contributed by atoms with van der Waals surface area (Å²) in [5, 5.41) is 6.03. The van der Waals surface area contributed by atoms with Crippen LogP contribution < -0.4 is 20.1 Å². The molecule has 1 aliphatic rings. The van der Waals surface area contributed by atoms with Crippen LogP contribution in [0.3, 0.4) is 0 Å². The predicted molar refractivity (Wildman–Crippen MR) is 124 cm³/mol. The topological polar surface area (TPSA) is 94.5 Å². The second-order valence-electron chi connectivity index (χ2n) is 8.13. The van der Waals surface area contributed by atoms with Crippen LogP contribution in [0, 0.1) is 5.92 Å². The van der Waals surface area contributed by atoms with Crippen LogP contribution in [0.25, 0.3) is 0 Å². The van der Waals surface area contributed by atoms with Gasteiger partial charge in [0.25, 0.3) is 0 Å². The average molecular weight is 449 g/mol. The highest BCUT2D eigenvalue weighted by molar-refractivity contribution is 5.96. The molecule has 4 rings (SSSR count). The fourth-order valence-corrected chi connectivity index (χ4v) is 4.13. The van der Waals surface area contributed by atoms with Crippen LogP contribution in [0.4, 0.5) is 5.69 Å². The molecule has 2 N–H and O–H groups in total. The third-order valence-electron chi connectivity index (χ3n) is 5.96. The summed E-state index contributed by atoms with van der Waals surface area (Å²) >= 11 is 0. The largest absolute Gasteiger partial charge is 0.497 e. The number of hydrogen-bond donors (Lipinski definition) is 2. The molecule has 3 aromatic rings. The van der Waals surface area contributed by atoms with Crippen molar-refractivity contribution in [1.82, 2.24) is 14.9 Å². The SMILES string of the molecule is COc1cc(OC)cc([C@H](NC(=O)CC[C@@H]2Cc3ccccc3NC2=O)c2nccn2C)c1. The highest BCUT2D eigenvalue weighted by Crippen LogP contribution is 2.30. The summed E-state index contributed by atoms with van der Waals surface area (Å²) in [6.07, 6.45) is 4.83. The first-order valence-corrected chi connectivity index (χ1v) is 10.9. The lowest BCUT2D eigenvalue weighted by molar-refractivity contribution is -0.123. The molecule has 8 nitrogen and oxygen atoms in total. The Labute approximate surface area is 192 Å². The Balaban J connectivity index is 1.50. The number of carbonyl (C=O) groups is 2. The molecule has 2 amide bonds. The van der Waals surface area contributed by atoms with Gasteiger partial charge in [-0.25, -0.2) is 4.98 Å². The van der Waals surface area contributed by atoms with Crippen molar-refractivity contribution >= 4 is 17.5 Å². The molecule has 0 saturated carbocycles. The van der Waals surface area contributed by atoms with Crippen LogP contribution in [0.15, 0.2) is 54.9 Å². The molecular weight excluding hydrogens is 420 g/mol. The quantitative estimate of drug-likeness (QED) is 0.552. The zero-order chi connectivity index (χ0) is 23.4. The molecule has 33 heavy (non-hydrogen) atoms. The number of aromatic nitrogens is 2. The van der Waals surface area contributed by atoms with Crippen LogP contribution >= 0.6 is 0 Å². The summed E-state index contributed by atoms with van der Waals surface area (Å²) in [7, 11) is 5.04. The number of imidazole rings is 1. The van der Waals surface area contributed by atoms with E-state index in [0.717, 1.165) is 16.8 Å². The standard InChI is InChI=1S/C25H28N4O4/c1-29-11-10-26-24(29)23(18-13-19(32-2)15-20(14-18)33-3)28-22(30)9-8-17-12-16-6-4-5-7-21(16)27-25(17)31/h4-7,10-11,13-15,17,23H,8-9,12H2,1-3H3,(H,27,31)(H,28,30)/t17-,23+/m1/s1. The molecule has 0 spiro atoms. The number of fused-ring (bicyclic) bond motifs is 1. The molecule has 2 atom stereocenters. The van der Waals surface area contributed by atoms with Gasteiger partial charge in [0.2, 0.25) is 11.8 Å². The molecule has 0 fully saturated rings. The number of carbonyl (C=O) groups excluding carboxylic acids is 2. The first kappa shape index (κ1) is 22.4. The number of para-hydroxylation sites is 1. The Morgan fingerprint density at radius 3 is 2.61 bits per heavy atom. The van der Waals surface area contributed by atoms with E-state index in [1.165, 1.54) is 0 Å². The van der Waals surface area contributed by atoms with Crippen LogP contribution in [-0.4, -0.2) is 35.6 Å². The molecule has 0 aliphatic carbocycles. The number of benzene rings is 2. The summed E-state index contributed by atoms with van der Waals surface area (Å²) in [5.41, 5.74) is 2.74. The van der Waals surface area contributed by atoms with Crippen molar-refractivity contribution in [2.24, 2.45) is 13.0 Å². The number of nitrogens with zero attached hydrogens (tertiary/aromatic N) is 2. The third-order valence-corrected chi connectivity index (χ3v) is 5.96. The average Bonchev–Trinajstić information content (AvgIpc) is 3.26. The molecule has 1 aromatic heterocycles. The number of methoxy groups -OCH3 is 2. The van der Waals surface area contributed by atoms with Crippen LogP contribution in [0.2, 0.25) is 0 Å². The van der Waals surface area contributed by atoms with E-state index >= 15 is 0 Å². The van der Waals surface area contributed by atoms with E-state index in [4.69, 9.17) is 9.47 Å².